The molecule has 0 aromatic carbocycles. The van der Waals surface area contributed by atoms with Gasteiger partial charge in [0.2, 0.25) is 11.8 Å². The second-order valence-corrected chi connectivity index (χ2v) is 4.76. The Morgan fingerprint density at radius 3 is 2.24 bits per heavy atom. The van der Waals surface area contributed by atoms with Crippen LogP contribution in [-0.4, -0.2) is 60.1 Å². The molecule has 10 heteroatoms. The van der Waals surface area contributed by atoms with Crippen molar-refractivity contribution in [3.63, 3.8) is 0 Å². The van der Waals surface area contributed by atoms with E-state index in [-0.39, 0.29) is 6.54 Å². The van der Waals surface area contributed by atoms with Crippen LogP contribution in [0.5, 0.6) is 0 Å². The highest BCUT2D eigenvalue weighted by Crippen LogP contribution is 2.26. The zero-order valence-corrected chi connectivity index (χ0v) is 11.1. The predicted octanol–water partition coefficient (Wildman–Crippen LogP) is 1.81. The molecule has 1 rings (SSSR count). The Kier molecular flexibility index (Phi) is 5.11. The number of amides is 2. The summed E-state index contributed by atoms with van der Waals surface area (Å²) in [5.74, 6) is -3.00. The van der Waals surface area contributed by atoms with E-state index >= 15 is 0 Å². The Balaban J connectivity index is 2.69. The van der Waals surface area contributed by atoms with Crippen molar-refractivity contribution in [1.29, 1.82) is 0 Å². The molecule has 0 aromatic rings. The highest BCUT2D eigenvalue weighted by molar-refractivity contribution is 5.89. The topological polar surface area (TPSA) is 40.6 Å². The first kappa shape index (κ1) is 17.6. The monoisotopic (exact) mass is 320 g/mol. The van der Waals surface area contributed by atoms with Gasteiger partial charge in [-0.3, -0.25) is 9.59 Å². The van der Waals surface area contributed by atoms with Gasteiger partial charge in [-0.25, -0.2) is 0 Å². The van der Waals surface area contributed by atoms with Gasteiger partial charge in [-0.15, -0.1) is 0 Å². The van der Waals surface area contributed by atoms with Gasteiger partial charge in [-0.1, -0.05) is 0 Å². The lowest BCUT2D eigenvalue weighted by Gasteiger charge is -2.25. The molecule has 1 heterocycles. The number of halogens is 6. The first-order valence-corrected chi connectivity index (χ1v) is 6.13. The van der Waals surface area contributed by atoms with Crippen LogP contribution >= 0.6 is 0 Å². The second-order valence-electron chi connectivity index (χ2n) is 4.76. The molecule has 1 atom stereocenters. The standard InChI is InChI=1S/C11H14F6N2O2/c1-2-18(5-10(12,13)14)9(21)7-3-8(20)19(4-7)6-11(15,16)17/h7H,2-6H2,1H3/t7-/m1/s1. The first-order valence-electron chi connectivity index (χ1n) is 6.13. The van der Waals surface area contributed by atoms with E-state index in [1.807, 2.05) is 0 Å². The number of alkyl halides is 6. The number of rotatable bonds is 4. The third kappa shape index (κ3) is 5.43. The van der Waals surface area contributed by atoms with E-state index in [1.165, 1.54) is 6.92 Å². The Morgan fingerprint density at radius 1 is 1.24 bits per heavy atom. The molecule has 0 aromatic heterocycles. The molecular weight excluding hydrogens is 306 g/mol. The van der Waals surface area contributed by atoms with E-state index in [0.717, 1.165) is 0 Å². The van der Waals surface area contributed by atoms with Crippen LogP contribution in [0.2, 0.25) is 0 Å². The fourth-order valence-electron chi connectivity index (χ4n) is 2.13. The molecule has 21 heavy (non-hydrogen) atoms. The van der Waals surface area contributed by atoms with Crippen molar-refractivity contribution < 1.29 is 35.9 Å². The summed E-state index contributed by atoms with van der Waals surface area (Å²) in [6, 6.07) is 0. The summed E-state index contributed by atoms with van der Waals surface area (Å²) < 4.78 is 73.5. The summed E-state index contributed by atoms with van der Waals surface area (Å²) in [6.07, 6.45) is -9.70. The van der Waals surface area contributed by atoms with Crippen molar-refractivity contribution in [1.82, 2.24) is 9.80 Å². The van der Waals surface area contributed by atoms with E-state index in [9.17, 15) is 35.9 Å². The molecule has 0 bridgehead atoms. The summed E-state index contributed by atoms with van der Waals surface area (Å²) in [5.41, 5.74) is 0. The maximum Gasteiger partial charge on any atom is 0.406 e. The van der Waals surface area contributed by atoms with Crippen molar-refractivity contribution in [2.45, 2.75) is 25.7 Å². The van der Waals surface area contributed by atoms with Gasteiger partial charge in [0.15, 0.2) is 0 Å². The molecular formula is C11H14F6N2O2. The number of hydrogen-bond acceptors (Lipinski definition) is 2. The van der Waals surface area contributed by atoms with Crippen molar-refractivity contribution in [3.8, 4) is 0 Å². The van der Waals surface area contributed by atoms with Crippen LogP contribution in [0.1, 0.15) is 13.3 Å². The molecule has 0 aliphatic carbocycles. The lowest BCUT2D eigenvalue weighted by Crippen LogP contribution is -2.43. The molecule has 122 valence electrons. The maximum atomic E-state index is 12.3. The number of hydrogen-bond donors (Lipinski definition) is 0. The lowest BCUT2D eigenvalue weighted by atomic mass is 10.1. The van der Waals surface area contributed by atoms with Gasteiger partial charge >= 0.3 is 12.4 Å². The summed E-state index contributed by atoms with van der Waals surface area (Å²) in [7, 11) is 0. The molecule has 0 unspecified atom stereocenters. The molecule has 1 aliphatic heterocycles. The smallest absolute Gasteiger partial charge is 0.334 e. The molecule has 4 nitrogen and oxygen atoms in total. The highest BCUT2D eigenvalue weighted by Gasteiger charge is 2.43. The van der Waals surface area contributed by atoms with E-state index in [2.05, 4.69) is 0 Å². The van der Waals surface area contributed by atoms with Crippen LogP contribution in [0.4, 0.5) is 26.3 Å². The van der Waals surface area contributed by atoms with E-state index in [4.69, 9.17) is 0 Å². The van der Waals surface area contributed by atoms with Crippen molar-refractivity contribution in [2.24, 2.45) is 5.92 Å². The van der Waals surface area contributed by atoms with Crippen molar-refractivity contribution >= 4 is 11.8 Å². The summed E-state index contributed by atoms with van der Waals surface area (Å²) >= 11 is 0. The minimum Gasteiger partial charge on any atom is -0.334 e. The van der Waals surface area contributed by atoms with Gasteiger partial charge < -0.3 is 9.80 Å². The van der Waals surface area contributed by atoms with Gasteiger partial charge in [0.25, 0.3) is 0 Å². The summed E-state index contributed by atoms with van der Waals surface area (Å²) in [5, 5.41) is 0. The van der Waals surface area contributed by atoms with Gasteiger partial charge in [0, 0.05) is 19.5 Å². The van der Waals surface area contributed by atoms with Crippen LogP contribution in [0.15, 0.2) is 0 Å². The first-order chi connectivity index (χ1) is 9.43. The van der Waals surface area contributed by atoms with Gasteiger partial charge in [0.05, 0.1) is 5.92 Å². The SMILES string of the molecule is CCN(CC(F)(F)F)C(=O)[C@@H]1CC(=O)N(CC(F)(F)F)C1. The molecule has 1 aliphatic rings. The van der Waals surface area contributed by atoms with Gasteiger partial charge in [0.1, 0.15) is 13.1 Å². The third-order valence-electron chi connectivity index (χ3n) is 3.00. The van der Waals surface area contributed by atoms with Crippen LogP contribution in [-0.2, 0) is 9.59 Å². The zero-order chi connectivity index (χ0) is 16.4. The summed E-state index contributed by atoms with van der Waals surface area (Å²) in [6.45, 7) is -2.39. The molecule has 0 spiro atoms. The van der Waals surface area contributed by atoms with Gasteiger partial charge in [-0.2, -0.15) is 26.3 Å². The minimum absolute atomic E-state index is 0.234. The minimum atomic E-state index is -4.61. The van der Waals surface area contributed by atoms with Crippen LogP contribution in [0.25, 0.3) is 0 Å². The van der Waals surface area contributed by atoms with Crippen LogP contribution in [0, 0.1) is 5.92 Å². The quantitative estimate of drug-likeness (QED) is 0.741. The van der Waals surface area contributed by atoms with Crippen molar-refractivity contribution in [3.05, 3.63) is 0 Å². The van der Waals surface area contributed by atoms with Gasteiger partial charge in [-0.05, 0) is 6.92 Å². The van der Waals surface area contributed by atoms with E-state index in [1.54, 1.807) is 0 Å². The molecule has 0 radical (unpaired) electrons. The third-order valence-corrected chi connectivity index (χ3v) is 3.00. The molecule has 2 amide bonds. The number of carbonyl (C=O) groups excluding carboxylic acids is 2. The number of likely N-dealkylation sites (tertiary alicyclic amines) is 1. The fourth-order valence-corrected chi connectivity index (χ4v) is 2.13. The average molecular weight is 320 g/mol. The summed E-state index contributed by atoms with van der Waals surface area (Å²) in [4.78, 5) is 24.2. The normalized spacial score (nSPS) is 20.0. The van der Waals surface area contributed by atoms with Crippen LogP contribution < -0.4 is 0 Å². The fraction of sp³-hybridized carbons (Fsp3) is 0.818. The van der Waals surface area contributed by atoms with Crippen LogP contribution in [0.3, 0.4) is 0 Å². The Bertz CT molecular complexity index is 406. The average Bonchev–Trinajstić information content (AvgIpc) is 2.63. The largest absolute Gasteiger partial charge is 0.406 e. The molecule has 1 saturated heterocycles. The molecule has 0 saturated carbocycles. The van der Waals surface area contributed by atoms with Crippen molar-refractivity contribution in [2.75, 3.05) is 26.2 Å². The Labute approximate surface area is 116 Å². The highest BCUT2D eigenvalue weighted by atomic mass is 19.4. The lowest BCUT2D eigenvalue weighted by molar-refractivity contribution is -0.163. The van der Waals surface area contributed by atoms with E-state index in [0.29, 0.717) is 9.80 Å². The zero-order valence-electron chi connectivity index (χ0n) is 11.1. The molecule has 1 fully saturated rings. The Morgan fingerprint density at radius 2 is 1.81 bits per heavy atom. The Hall–Kier alpha value is -1.48. The predicted molar refractivity (Wildman–Crippen MR) is 59.1 cm³/mol. The maximum absolute atomic E-state index is 12.3. The number of carbonyl (C=O) groups is 2. The molecule has 0 N–H and O–H groups in total. The second kappa shape index (κ2) is 6.10. The number of nitrogens with zero attached hydrogens (tertiary/aromatic N) is 2. The van der Waals surface area contributed by atoms with E-state index < -0.39 is 56.1 Å².